The number of piperazine rings is 1. The minimum absolute atomic E-state index is 0.0857. The summed E-state index contributed by atoms with van der Waals surface area (Å²) < 4.78 is 0. The highest BCUT2D eigenvalue weighted by molar-refractivity contribution is 5.81. The topological polar surface area (TPSA) is 56.8 Å². The van der Waals surface area contributed by atoms with Crippen LogP contribution in [0.15, 0.2) is 24.5 Å². The molecule has 146 valence electrons. The fraction of sp³-hybridized carbons (Fsp3) is 0.667. The van der Waals surface area contributed by atoms with Gasteiger partial charge in [-0.3, -0.25) is 14.6 Å². The van der Waals surface area contributed by atoms with Crippen molar-refractivity contribution in [3.05, 3.63) is 24.5 Å². The normalized spacial score (nSPS) is 22.3. The highest BCUT2D eigenvalue weighted by atomic mass is 16.2. The van der Waals surface area contributed by atoms with Crippen LogP contribution in [0.25, 0.3) is 0 Å². The lowest BCUT2D eigenvalue weighted by Gasteiger charge is -2.39. The van der Waals surface area contributed by atoms with Crippen molar-refractivity contribution in [2.75, 3.05) is 44.2 Å². The highest BCUT2D eigenvalue weighted by Crippen LogP contribution is 2.29. The number of rotatable bonds is 3. The monoisotopic (exact) mass is 370 g/mol. The van der Waals surface area contributed by atoms with Crippen LogP contribution in [0.4, 0.5) is 5.69 Å². The second-order valence-corrected chi connectivity index (χ2v) is 8.10. The van der Waals surface area contributed by atoms with E-state index in [1.54, 1.807) is 6.20 Å². The van der Waals surface area contributed by atoms with Gasteiger partial charge < -0.3 is 14.7 Å². The summed E-state index contributed by atoms with van der Waals surface area (Å²) in [4.78, 5) is 36.0. The fourth-order valence-corrected chi connectivity index (χ4v) is 4.76. The molecule has 1 aromatic heterocycles. The van der Waals surface area contributed by atoms with Crippen LogP contribution < -0.4 is 4.90 Å². The van der Waals surface area contributed by atoms with E-state index in [1.807, 2.05) is 22.1 Å². The number of aromatic nitrogens is 1. The number of piperidine rings is 1. The number of likely N-dealkylation sites (tertiary alicyclic amines) is 1. The molecule has 0 atom stereocenters. The van der Waals surface area contributed by atoms with E-state index in [4.69, 9.17) is 0 Å². The Kier molecular flexibility index (Phi) is 5.60. The smallest absolute Gasteiger partial charge is 0.225 e. The second kappa shape index (κ2) is 8.28. The molecule has 1 aliphatic carbocycles. The Balaban J connectivity index is 1.24. The maximum absolute atomic E-state index is 12.9. The summed E-state index contributed by atoms with van der Waals surface area (Å²) in [7, 11) is 0. The zero-order valence-corrected chi connectivity index (χ0v) is 16.1. The molecule has 27 heavy (non-hydrogen) atoms. The number of nitrogens with zero attached hydrogens (tertiary/aromatic N) is 4. The number of carbonyl (C=O) groups excluding carboxylic acids is 2. The lowest BCUT2D eigenvalue weighted by Crippen LogP contribution is -2.52. The minimum atomic E-state index is 0.0857. The average Bonchev–Trinajstić information content (AvgIpc) is 3.28. The van der Waals surface area contributed by atoms with Gasteiger partial charge in [-0.2, -0.15) is 0 Å². The lowest BCUT2D eigenvalue weighted by atomic mass is 9.93. The van der Waals surface area contributed by atoms with Crippen LogP contribution in [-0.2, 0) is 9.59 Å². The molecule has 6 nitrogen and oxygen atoms in total. The van der Waals surface area contributed by atoms with E-state index < -0.39 is 0 Å². The highest BCUT2D eigenvalue weighted by Gasteiger charge is 2.34. The molecule has 2 aliphatic heterocycles. The molecule has 2 amide bonds. The third-order valence-corrected chi connectivity index (χ3v) is 6.46. The molecule has 3 fully saturated rings. The quantitative estimate of drug-likeness (QED) is 0.818. The van der Waals surface area contributed by atoms with Gasteiger partial charge in [0.1, 0.15) is 0 Å². The molecule has 0 radical (unpaired) electrons. The Morgan fingerprint density at radius 3 is 2.00 bits per heavy atom. The molecule has 0 unspecified atom stereocenters. The van der Waals surface area contributed by atoms with Crippen LogP contribution in [0.3, 0.4) is 0 Å². The largest absolute Gasteiger partial charge is 0.367 e. The van der Waals surface area contributed by atoms with Gasteiger partial charge in [-0.15, -0.1) is 0 Å². The maximum Gasteiger partial charge on any atom is 0.225 e. The molecule has 3 aliphatic rings. The van der Waals surface area contributed by atoms with Gasteiger partial charge in [0.25, 0.3) is 0 Å². The van der Waals surface area contributed by atoms with Crippen molar-refractivity contribution < 1.29 is 9.59 Å². The van der Waals surface area contributed by atoms with Crippen molar-refractivity contribution in [2.45, 2.75) is 38.5 Å². The van der Waals surface area contributed by atoms with E-state index in [-0.39, 0.29) is 17.7 Å². The predicted molar refractivity (Wildman–Crippen MR) is 104 cm³/mol. The number of hydrogen-bond donors (Lipinski definition) is 0. The number of anilines is 1. The van der Waals surface area contributed by atoms with E-state index in [1.165, 1.54) is 12.8 Å². The number of carbonyl (C=O) groups is 2. The van der Waals surface area contributed by atoms with Crippen molar-refractivity contribution in [2.24, 2.45) is 11.8 Å². The molecule has 6 heteroatoms. The average molecular weight is 370 g/mol. The van der Waals surface area contributed by atoms with E-state index in [0.29, 0.717) is 5.91 Å². The third kappa shape index (κ3) is 4.09. The van der Waals surface area contributed by atoms with Gasteiger partial charge in [0.05, 0.1) is 11.9 Å². The Morgan fingerprint density at radius 1 is 0.815 bits per heavy atom. The van der Waals surface area contributed by atoms with Crippen molar-refractivity contribution in [3.8, 4) is 0 Å². The van der Waals surface area contributed by atoms with Gasteiger partial charge in [-0.1, -0.05) is 12.8 Å². The fourth-order valence-electron chi connectivity index (χ4n) is 4.76. The summed E-state index contributed by atoms with van der Waals surface area (Å²) >= 11 is 0. The van der Waals surface area contributed by atoms with Gasteiger partial charge in [0, 0.05) is 57.3 Å². The van der Waals surface area contributed by atoms with Crippen LogP contribution in [0.1, 0.15) is 38.5 Å². The lowest BCUT2D eigenvalue weighted by molar-refractivity contribution is -0.142. The number of hydrogen-bond acceptors (Lipinski definition) is 4. The minimum Gasteiger partial charge on any atom is -0.367 e. The zero-order chi connectivity index (χ0) is 18.6. The zero-order valence-electron chi connectivity index (χ0n) is 16.1. The van der Waals surface area contributed by atoms with Crippen molar-refractivity contribution in [3.63, 3.8) is 0 Å². The molecule has 0 spiro atoms. The van der Waals surface area contributed by atoms with Crippen LogP contribution in [0, 0.1) is 11.8 Å². The molecular formula is C21H30N4O2. The van der Waals surface area contributed by atoms with Crippen LogP contribution in [0.5, 0.6) is 0 Å². The Labute approximate surface area is 161 Å². The van der Waals surface area contributed by atoms with E-state index in [2.05, 4.69) is 16.0 Å². The molecule has 1 saturated carbocycles. The summed E-state index contributed by atoms with van der Waals surface area (Å²) in [5.41, 5.74) is 1.13. The van der Waals surface area contributed by atoms with Crippen molar-refractivity contribution >= 4 is 17.5 Å². The molecular weight excluding hydrogens is 340 g/mol. The third-order valence-electron chi connectivity index (χ3n) is 6.46. The number of amides is 2. The SMILES string of the molecule is O=C(C1CCCC1)N1CCC(C(=O)N2CCN(c3cccnc3)CC2)CC1. The van der Waals surface area contributed by atoms with Crippen LogP contribution in [0.2, 0.25) is 0 Å². The molecule has 2 saturated heterocycles. The summed E-state index contributed by atoms with van der Waals surface area (Å²) in [5.74, 6) is 0.956. The Bertz CT molecular complexity index is 643. The molecule has 3 heterocycles. The predicted octanol–water partition coefficient (Wildman–Crippen LogP) is 2.16. The second-order valence-electron chi connectivity index (χ2n) is 8.10. The molecule has 0 N–H and O–H groups in total. The molecule has 4 rings (SSSR count). The molecule has 0 aromatic carbocycles. The van der Waals surface area contributed by atoms with Crippen LogP contribution in [-0.4, -0.2) is 65.9 Å². The summed E-state index contributed by atoms with van der Waals surface area (Å²) in [6.45, 7) is 4.76. The van der Waals surface area contributed by atoms with Gasteiger partial charge in [-0.05, 0) is 37.8 Å². The van der Waals surface area contributed by atoms with Gasteiger partial charge in [0.2, 0.25) is 11.8 Å². The van der Waals surface area contributed by atoms with Gasteiger partial charge >= 0.3 is 0 Å². The number of pyridine rings is 1. The first kappa shape index (κ1) is 18.3. The molecule has 0 bridgehead atoms. The molecule has 1 aromatic rings. The van der Waals surface area contributed by atoms with Gasteiger partial charge in [0.15, 0.2) is 0 Å². The van der Waals surface area contributed by atoms with E-state index >= 15 is 0 Å². The van der Waals surface area contributed by atoms with Crippen molar-refractivity contribution in [1.82, 2.24) is 14.8 Å². The van der Waals surface area contributed by atoms with Crippen molar-refractivity contribution in [1.29, 1.82) is 0 Å². The van der Waals surface area contributed by atoms with Crippen LogP contribution >= 0.6 is 0 Å². The maximum atomic E-state index is 12.9. The summed E-state index contributed by atoms with van der Waals surface area (Å²) in [5, 5.41) is 0. The first-order chi connectivity index (χ1) is 13.2. The standard InChI is InChI=1S/C21H30N4O2/c26-20(17-4-1-2-5-17)24-10-7-18(8-11-24)21(27)25-14-12-23(13-15-25)19-6-3-9-22-16-19/h3,6,9,16-18H,1-2,4-5,7-8,10-15H2. The Hall–Kier alpha value is -2.11. The first-order valence-electron chi connectivity index (χ1n) is 10.4. The van der Waals surface area contributed by atoms with Gasteiger partial charge in [-0.25, -0.2) is 0 Å². The first-order valence-corrected chi connectivity index (χ1v) is 10.4. The van der Waals surface area contributed by atoms with E-state index in [0.717, 1.165) is 70.6 Å². The summed E-state index contributed by atoms with van der Waals surface area (Å²) in [6.07, 6.45) is 9.80. The summed E-state index contributed by atoms with van der Waals surface area (Å²) in [6, 6.07) is 4.02. The Morgan fingerprint density at radius 2 is 1.41 bits per heavy atom. The van der Waals surface area contributed by atoms with E-state index in [9.17, 15) is 9.59 Å².